The molecule has 0 aromatic carbocycles. The van der Waals surface area contributed by atoms with E-state index in [-0.39, 0.29) is 12.3 Å². The van der Waals surface area contributed by atoms with Crippen LogP contribution in [0.2, 0.25) is 0 Å². The fraction of sp³-hybridized carbons (Fsp3) is 0.300. The summed E-state index contributed by atoms with van der Waals surface area (Å²) in [5.74, 6) is -0.539. The third-order valence-corrected chi connectivity index (χ3v) is 1.76. The van der Waals surface area contributed by atoms with Crippen LogP contribution in [0.5, 0.6) is 0 Å². The largest absolute Gasteiger partial charge is 0.481 e. The van der Waals surface area contributed by atoms with Crippen molar-refractivity contribution in [1.29, 1.82) is 0 Å². The number of nitrogens with one attached hydrogen (secondary N) is 1. The topological polar surface area (TPSA) is 79.3 Å². The normalized spacial score (nSPS) is 9.67. The number of carbonyl (C=O) groups excluding carboxylic acids is 1. The lowest BCUT2D eigenvalue weighted by Gasteiger charge is -2.02. The van der Waals surface area contributed by atoms with Gasteiger partial charge in [0.05, 0.1) is 0 Å². The number of hydrogen-bond donors (Lipinski definition) is 2. The number of hydrogen-bond acceptors (Lipinski definition) is 3. The molecule has 0 saturated heterocycles. The van der Waals surface area contributed by atoms with E-state index in [1.165, 1.54) is 6.92 Å². The van der Waals surface area contributed by atoms with E-state index in [1.54, 1.807) is 18.3 Å². The quantitative estimate of drug-likeness (QED) is 0.775. The van der Waals surface area contributed by atoms with Crippen molar-refractivity contribution in [1.82, 2.24) is 4.98 Å². The van der Waals surface area contributed by atoms with Crippen LogP contribution in [-0.2, 0) is 16.0 Å². The summed E-state index contributed by atoms with van der Waals surface area (Å²) in [7, 11) is 0. The summed E-state index contributed by atoms with van der Waals surface area (Å²) < 4.78 is 0. The van der Waals surface area contributed by atoms with Gasteiger partial charge >= 0.3 is 5.97 Å². The Balaban J connectivity index is 2.56. The van der Waals surface area contributed by atoms with Crippen LogP contribution in [0.4, 0.5) is 5.82 Å². The number of amides is 1. The molecule has 0 aliphatic rings. The van der Waals surface area contributed by atoms with Gasteiger partial charge in [-0.2, -0.15) is 0 Å². The van der Waals surface area contributed by atoms with Crippen LogP contribution < -0.4 is 5.32 Å². The van der Waals surface area contributed by atoms with Crippen molar-refractivity contribution in [2.75, 3.05) is 5.32 Å². The summed E-state index contributed by atoms with van der Waals surface area (Å²) in [4.78, 5) is 25.0. The zero-order valence-corrected chi connectivity index (χ0v) is 8.36. The van der Waals surface area contributed by atoms with Crippen LogP contribution in [0, 0.1) is 0 Å². The van der Waals surface area contributed by atoms with Crippen molar-refractivity contribution < 1.29 is 14.7 Å². The maximum Gasteiger partial charge on any atom is 0.303 e. The molecule has 0 fully saturated rings. The van der Waals surface area contributed by atoms with Gasteiger partial charge in [-0.25, -0.2) is 4.98 Å². The Labute approximate surface area is 87.1 Å². The smallest absolute Gasteiger partial charge is 0.303 e. The lowest BCUT2D eigenvalue weighted by molar-refractivity contribution is -0.137. The van der Waals surface area contributed by atoms with Crippen LogP contribution in [0.1, 0.15) is 18.9 Å². The Morgan fingerprint density at radius 3 is 2.67 bits per heavy atom. The summed E-state index contributed by atoms with van der Waals surface area (Å²) in [6, 6.07) is 3.40. The second-order valence-electron chi connectivity index (χ2n) is 3.13. The number of carbonyl (C=O) groups is 2. The maximum atomic E-state index is 10.7. The molecule has 0 bridgehead atoms. The molecule has 1 aromatic heterocycles. The molecule has 0 aliphatic heterocycles. The molecule has 15 heavy (non-hydrogen) atoms. The molecule has 5 heteroatoms. The van der Waals surface area contributed by atoms with Gasteiger partial charge in [0.25, 0.3) is 0 Å². The minimum absolute atomic E-state index is 0.0845. The van der Waals surface area contributed by atoms with E-state index in [4.69, 9.17) is 5.11 Å². The molecule has 0 spiro atoms. The molecular formula is C10H12N2O3. The van der Waals surface area contributed by atoms with Gasteiger partial charge in [0.2, 0.25) is 5.91 Å². The molecule has 0 saturated carbocycles. The number of rotatable bonds is 4. The van der Waals surface area contributed by atoms with Crippen molar-refractivity contribution in [3.8, 4) is 0 Å². The molecule has 1 rings (SSSR count). The summed E-state index contributed by atoms with van der Waals surface area (Å²) in [6.45, 7) is 1.40. The predicted octanol–water partition coefficient (Wildman–Crippen LogP) is 1.06. The Bertz CT molecular complexity index is 359. The van der Waals surface area contributed by atoms with Gasteiger partial charge in [0, 0.05) is 19.5 Å². The van der Waals surface area contributed by atoms with Crippen molar-refractivity contribution in [2.45, 2.75) is 19.8 Å². The zero-order chi connectivity index (χ0) is 11.3. The van der Waals surface area contributed by atoms with Gasteiger partial charge in [0.15, 0.2) is 0 Å². The number of anilines is 1. The number of aryl methyl sites for hydroxylation is 1. The highest BCUT2D eigenvalue weighted by molar-refractivity contribution is 5.87. The van der Waals surface area contributed by atoms with E-state index >= 15 is 0 Å². The molecule has 1 aromatic rings. The van der Waals surface area contributed by atoms with Gasteiger partial charge in [-0.05, 0) is 18.1 Å². The van der Waals surface area contributed by atoms with E-state index in [2.05, 4.69) is 10.3 Å². The molecule has 1 heterocycles. The first-order valence-corrected chi connectivity index (χ1v) is 4.52. The number of carboxylic acids is 1. The first kappa shape index (κ1) is 11.2. The van der Waals surface area contributed by atoms with E-state index in [0.717, 1.165) is 5.56 Å². The van der Waals surface area contributed by atoms with E-state index < -0.39 is 5.97 Å². The second-order valence-corrected chi connectivity index (χ2v) is 3.13. The lowest BCUT2D eigenvalue weighted by Crippen LogP contribution is -2.07. The maximum absolute atomic E-state index is 10.7. The molecule has 0 unspecified atom stereocenters. The van der Waals surface area contributed by atoms with Gasteiger partial charge in [-0.3, -0.25) is 9.59 Å². The lowest BCUT2D eigenvalue weighted by atomic mass is 10.1. The van der Waals surface area contributed by atoms with Crippen molar-refractivity contribution in [3.63, 3.8) is 0 Å². The standard InChI is InChI=1S/C10H12N2O3/c1-7(13)12-9-4-2-8(6-11-9)3-5-10(14)15/h2,4,6H,3,5H2,1H3,(H,14,15)(H,11,12,13). The fourth-order valence-electron chi connectivity index (χ4n) is 1.08. The second kappa shape index (κ2) is 5.09. The Morgan fingerprint density at radius 1 is 1.47 bits per heavy atom. The SMILES string of the molecule is CC(=O)Nc1ccc(CCC(=O)O)cn1. The van der Waals surface area contributed by atoms with Crippen molar-refractivity contribution in [3.05, 3.63) is 23.9 Å². The first-order valence-electron chi connectivity index (χ1n) is 4.52. The Hall–Kier alpha value is -1.91. The van der Waals surface area contributed by atoms with Crippen molar-refractivity contribution >= 4 is 17.7 Å². The fourth-order valence-corrected chi connectivity index (χ4v) is 1.08. The minimum atomic E-state index is -0.832. The van der Waals surface area contributed by atoms with Crippen LogP contribution in [0.15, 0.2) is 18.3 Å². The highest BCUT2D eigenvalue weighted by Gasteiger charge is 2.00. The van der Waals surface area contributed by atoms with Gasteiger partial charge in [0.1, 0.15) is 5.82 Å². The van der Waals surface area contributed by atoms with E-state index in [1.807, 2.05) is 0 Å². The highest BCUT2D eigenvalue weighted by atomic mass is 16.4. The third kappa shape index (κ3) is 4.21. The average molecular weight is 208 g/mol. The predicted molar refractivity (Wildman–Crippen MR) is 54.5 cm³/mol. The van der Waals surface area contributed by atoms with E-state index in [9.17, 15) is 9.59 Å². The van der Waals surface area contributed by atoms with Gasteiger partial charge in [-0.1, -0.05) is 6.07 Å². The Kier molecular flexibility index (Phi) is 3.79. The monoisotopic (exact) mass is 208 g/mol. The summed E-state index contributed by atoms with van der Waals surface area (Å²) in [5, 5.41) is 11.0. The minimum Gasteiger partial charge on any atom is -0.481 e. The molecule has 80 valence electrons. The van der Waals surface area contributed by atoms with Crippen molar-refractivity contribution in [2.24, 2.45) is 0 Å². The van der Waals surface area contributed by atoms with Crippen LogP contribution in [-0.4, -0.2) is 22.0 Å². The molecular weight excluding hydrogens is 196 g/mol. The molecule has 2 N–H and O–H groups in total. The molecule has 1 amide bonds. The third-order valence-electron chi connectivity index (χ3n) is 1.76. The zero-order valence-electron chi connectivity index (χ0n) is 8.36. The molecule has 0 radical (unpaired) electrons. The van der Waals surface area contributed by atoms with Crippen LogP contribution >= 0.6 is 0 Å². The summed E-state index contributed by atoms with van der Waals surface area (Å²) in [6.07, 6.45) is 2.10. The van der Waals surface area contributed by atoms with Crippen LogP contribution in [0.25, 0.3) is 0 Å². The Morgan fingerprint density at radius 2 is 2.20 bits per heavy atom. The van der Waals surface area contributed by atoms with Crippen LogP contribution in [0.3, 0.4) is 0 Å². The molecule has 0 atom stereocenters. The molecule has 0 aliphatic carbocycles. The first-order chi connectivity index (χ1) is 7.08. The summed E-state index contributed by atoms with van der Waals surface area (Å²) >= 11 is 0. The number of aliphatic carboxylic acids is 1. The van der Waals surface area contributed by atoms with E-state index in [0.29, 0.717) is 12.2 Å². The van der Waals surface area contributed by atoms with Gasteiger partial charge < -0.3 is 10.4 Å². The number of aromatic nitrogens is 1. The van der Waals surface area contributed by atoms with Gasteiger partial charge in [-0.15, -0.1) is 0 Å². The number of carboxylic acid groups (broad SMARTS) is 1. The molecule has 5 nitrogen and oxygen atoms in total. The summed E-state index contributed by atoms with van der Waals surface area (Å²) in [5.41, 5.74) is 0.839. The number of pyridine rings is 1. The highest BCUT2D eigenvalue weighted by Crippen LogP contribution is 2.06. The number of nitrogens with zero attached hydrogens (tertiary/aromatic N) is 1. The average Bonchev–Trinajstić information content (AvgIpc) is 2.16.